The van der Waals surface area contributed by atoms with Crippen molar-refractivity contribution in [1.82, 2.24) is 0 Å². The zero-order valence-electron chi connectivity index (χ0n) is 2.02. The van der Waals surface area contributed by atoms with E-state index >= 15 is 0 Å². The summed E-state index contributed by atoms with van der Waals surface area (Å²) < 4.78 is 0. The molecule has 0 nitrogen and oxygen atoms in total. The van der Waals surface area contributed by atoms with Gasteiger partial charge >= 0.3 is 53.1 Å². The van der Waals surface area contributed by atoms with Crippen LogP contribution in [-0.4, -0.2) is 0 Å². The average molecular weight is 529 g/mol. The molecule has 1 radical (unpaired) electrons. The van der Waals surface area contributed by atoms with Crippen LogP contribution in [0, 0.1) is 0 Å². The summed E-state index contributed by atoms with van der Waals surface area (Å²) in [6, 6.07) is 0. The quantitative estimate of drug-likeness (QED) is 0.371. The normalized spacial score (nSPS) is 6.00. The molecular formula is NbRe2S2. The average Bonchev–Trinajstić information content (AvgIpc) is 1.37. The van der Waals surface area contributed by atoms with Gasteiger partial charge in [0.2, 0.25) is 0 Å². The summed E-state index contributed by atoms with van der Waals surface area (Å²) in [5.41, 5.74) is 0. The maximum atomic E-state index is 1.85. The van der Waals surface area contributed by atoms with Crippen LogP contribution in [0.4, 0.5) is 0 Å². The molecule has 5 heteroatoms. The van der Waals surface area contributed by atoms with Crippen molar-refractivity contribution in [2.24, 2.45) is 0 Å². The number of hydrogen-bond acceptors (Lipinski definition) is 2. The first-order valence-corrected chi connectivity index (χ1v) is 9.08. The van der Waals surface area contributed by atoms with E-state index < -0.39 is 0 Å². The molecule has 0 amide bonds. The van der Waals surface area contributed by atoms with E-state index in [1.165, 1.54) is 0 Å². The van der Waals surface area contributed by atoms with Gasteiger partial charge in [0.25, 0.3) is 0 Å². The molecular weight excluding hydrogens is 529 g/mol. The summed E-state index contributed by atoms with van der Waals surface area (Å²) in [5.74, 6) is 0. The van der Waals surface area contributed by atoms with Gasteiger partial charge in [0.15, 0.2) is 0 Å². The fourth-order valence-electron chi connectivity index (χ4n) is 0. The molecule has 0 spiro atoms. The van der Waals surface area contributed by atoms with E-state index in [9.17, 15) is 0 Å². The molecule has 0 bridgehead atoms. The Hall–Kier alpha value is 2.76. The van der Waals surface area contributed by atoms with Gasteiger partial charge < -0.3 is 0 Å². The first-order valence-electron chi connectivity index (χ1n) is 0.475. The second-order valence-electron chi connectivity index (χ2n) is 0.126. The molecule has 0 aliphatic carbocycles. The van der Waals surface area contributed by atoms with Crippen molar-refractivity contribution in [3.63, 3.8) is 0 Å². The van der Waals surface area contributed by atoms with Crippen LogP contribution in [0.25, 0.3) is 0 Å². The van der Waals surface area contributed by atoms with Gasteiger partial charge in [-0.15, -0.1) is 0 Å². The molecule has 0 fully saturated rings. The topological polar surface area (TPSA) is 0 Å². The molecule has 0 aromatic rings. The predicted octanol–water partition coefficient (Wildman–Crippen LogP) is 1.29. The van der Waals surface area contributed by atoms with Crippen LogP contribution >= 0.6 is 17.2 Å². The second-order valence-corrected chi connectivity index (χ2v) is 9.28. The predicted molar refractivity (Wildman–Crippen MR) is 15.2 cm³/mol. The first kappa shape index (κ1) is 10.7. The van der Waals surface area contributed by atoms with E-state index in [4.69, 9.17) is 0 Å². The molecule has 0 aromatic carbocycles. The Balaban J connectivity index is 0. The first-order chi connectivity index (χ1) is 1.91. The summed E-state index contributed by atoms with van der Waals surface area (Å²) in [4.78, 5) is 0. The van der Waals surface area contributed by atoms with Crippen molar-refractivity contribution in [1.29, 1.82) is 0 Å². The maximum absolute atomic E-state index is 1.85. The van der Waals surface area contributed by atoms with Gasteiger partial charge in [-0.05, 0) is 0 Å². The molecule has 0 rings (SSSR count). The van der Waals surface area contributed by atoms with Crippen molar-refractivity contribution in [3.05, 3.63) is 0 Å². The van der Waals surface area contributed by atoms with E-state index in [2.05, 4.69) is 0 Å². The van der Waals surface area contributed by atoms with Crippen molar-refractivity contribution >= 4 is 17.2 Å². The van der Waals surface area contributed by atoms with Gasteiger partial charge in [-0.1, -0.05) is 0 Å². The minimum atomic E-state index is 0. The number of hydrogen-bond donors (Lipinski definition) is 0. The molecule has 0 saturated carbocycles. The SMILES string of the molecule is [Nb].[Re][S][S][Re]. The standard InChI is InChI=1S/Nb.2Re.S2/c;;;1-2/q;2*+1;-2. The fraction of sp³-hybridized carbons (Fsp3) is 0. The van der Waals surface area contributed by atoms with Crippen LogP contribution < -0.4 is 0 Å². The van der Waals surface area contributed by atoms with E-state index in [0.717, 1.165) is 0 Å². The Morgan fingerprint density at radius 3 is 1.20 bits per heavy atom. The van der Waals surface area contributed by atoms with Gasteiger partial charge in [0.1, 0.15) is 0 Å². The molecule has 0 N–H and O–H groups in total. The van der Waals surface area contributed by atoms with Crippen LogP contribution in [0.3, 0.4) is 0 Å². The minimum absolute atomic E-state index is 0. The van der Waals surface area contributed by atoms with Crippen molar-refractivity contribution in [2.75, 3.05) is 0 Å². The monoisotopic (exact) mass is 531 g/mol. The van der Waals surface area contributed by atoms with Crippen molar-refractivity contribution in [2.45, 2.75) is 0 Å². The van der Waals surface area contributed by atoms with Gasteiger partial charge in [-0.3, -0.25) is 0 Å². The molecule has 5 heavy (non-hydrogen) atoms. The Kier molecular flexibility index (Phi) is 21.2. The molecule has 0 aliphatic heterocycles. The third-order valence-corrected chi connectivity index (χ3v) is 14.4. The third-order valence-electron chi connectivity index (χ3n) is 0.0238. The molecule has 0 saturated heterocycles. The van der Waals surface area contributed by atoms with E-state index in [1.54, 1.807) is 35.9 Å². The van der Waals surface area contributed by atoms with Crippen LogP contribution in [0.5, 0.6) is 0 Å². The van der Waals surface area contributed by atoms with Gasteiger partial charge in [-0.2, -0.15) is 0 Å². The van der Waals surface area contributed by atoms with Crippen LogP contribution in [0.2, 0.25) is 0 Å². The molecule has 0 aromatic heterocycles. The summed E-state index contributed by atoms with van der Waals surface area (Å²) >= 11 is 3.52. The summed E-state index contributed by atoms with van der Waals surface area (Å²) in [6.07, 6.45) is 0. The Morgan fingerprint density at radius 1 is 1.00 bits per heavy atom. The zero-order valence-corrected chi connectivity index (χ0v) is 11.3. The van der Waals surface area contributed by atoms with E-state index in [-0.39, 0.29) is 22.4 Å². The Labute approximate surface area is 74.2 Å². The molecule has 31 valence electrons. The van der Waals surface area contributed by atoms with E-state index in [1.807, 2.05) is 17.2 Å². The molecule has 0 unspecified atom stereocenters. The summed E-state index contributed by atoms with van der Waals surface area (Å²) in [7, 11) is 3.71. The summed E-state index contributed by atoms with van der Waals surface area (Å²) in [6.45, 7) is 0. The van der Waals surface area contributed by atoms with E-state index in [0.29, 0.717) is 0 Å². The van der Waals surface area contributed by atoms with Crippen LogP contribution in [0.1, 0.15) is 0 Å². The van der Waals surface area contributed by atoms with Crippen LogP contribution in [0.15, 0.2) is 0 Å². The Bertz CT molecular complexity index is 9.61. The molecule has 0 aliphatic rings. The molecule has 0 heterocycles. The second kappa shape index (κ2) is 9.90. The fourth-order valence-corrected chi connectivity index (χ4v) is 0. The zero-order chi connectivity index (χ0) is 3.41. The van der Waals surface area contributed by atoms with Crippen LogP contribution in [-0.2, 0) is 58.3 Å². The Morgan fingerprint density at radius 2 is 1.20 bits per heavy atom. The van der Waals surface area contributed by atoms with Gasteiger partial charge in [-0.25, -0.2) is 0 Å². The molecule has 0 atom stereocenters. The van der Waals surface area contributed by atoms with Gasteiger partial charge in [0.05, 0.1) is 0 Å². The number of rotatable bonds is 1. The van der Waals surface area contributed by atoms with Crippen molar-refractivity contribution in [3.8, 4) is 0 Å². The summed E-state index contributed by atoms with van der Waals surface area (Å²) in [5, 5.41) is 0. The van der Waals surface area contributed by atoms with Gasteiger partial charge in [0, 0.05) is 22.4 Å². The third kappa shape index (κ3) is 10.8. The van der Waals surface area contributed by atoms with Crippen molar-refractivity contribution < 1.29 is 58.3 Å².